The second-order valence-corrected chi connectivity index (χ2v) is 8.08. The maximum Gasteiger partial charge on any atom is 0.251 e. The number of amides is 1. The molecule has 0 aliphatic heterocycles. The summed E-state index contributed by atoms with van der Waals surface area (Å²) in [6, 6.07) is 14.3. The maximum atomic E-state index is 12.8. The first-order valence-electron chi connectivity index (χ1n) is 8.77. The van der Waals surface area contributed by atoms with Crippen LogP contribution in [0.1, 0.15) is 48.3 Å². The minimum absolute atomic E-state index is 0.173. The van der Waals surface area contributed by atoms with E-state index in [1.165, 1.54) is 10.4 Å². The molecule has 5 nitrogen and oxygen atoms in total. The van der Waals surface area contributed by atoms with Crippen LogP contribution in [0.2, 0.25) is 0 Å². The first kappa shape index (κ1) is 20.1. The molecule has 2 rings (SSSR count). The molecule has 0 bridgehead atoms. The second kappa shape index (κ2) is 8.47. The van der Waals surface area contributed by atoms with Crippen LogP contribution in [0.25, 0.3) is 0 Å². The van der Waals surface area contributed by atoms with Gasteiger partial charge in [-0.05, 0) is 37.1 Å². The Bertz CT molecular complexity index is 860. The van der Waals surface area contributed by atoms with Crippen LogP contribution in [0.5, 0.6) is 0 Å². The van der Waals surface area contributed by atoms with Crippen molar-refractivity contribution in [1.29, 1.82) is 0 Å². The Morgan fingerprint density at radius 3 is 2.27 bits per heavy atom. The molecule has 2 aromatic carbocycles. The Morgan fingerprint density at radius 1 is 1.08 bits per heavy atom. The number of nitrogens with zero attached hydrogens (tertiary/aromatic N) is 1. The van der Waals surface area contributed by atoms with E-state index in [4.69, 9.17) is 0 Å². The van der Waals surface area contributed by atoms with E-state index >= 15 is 0 Å². The SMILES string of the molecule is CCN(CC)S(=O)(=O)c1cc(C(=O)N[C@H](C)c2ccccc2)ccc1C. The molecule has 2 aromatic rings. The van der Waals surface area contributed by atoms with Crippen LogP contribution in [-0.2, 0) is 10.0 Å². The van der Waals surface area contributed by atoms with E-state index in [9.17, 15) is 13.2 Å². The largest absolute Gasteiger partial charge is 0.346 e. The van der Waals surface area contributed by atoms with E-state index in [1.54, 1.807) is 32.9 Å². The van der Waals surface area contributed by atoms with Gasteiger partial charge in [0, 0.05) is 18.7 Å². The number of hydrogen-bond donors (Lipinski definition) is 1. The van der Waals surface area contributed by atoms with Crippen LogP contribution in [0.4, 0.5) is 0 Å². The number of benzene rings is 2. The summed E-state index contributed by atoms with van der Waals surface area (Å²) in [6.45, 7) is 8.02. The molecular formula is C20H26N2O3S. The summed E-state index contributed by atoms with van der Waals surface area (Å²) in [5.41, 5.74) is 1.96. The van der Waals surface area contributed by atoms with Gasteiger partial charge in [0.25, 0.3) is 5.91 Å². The first-order chi connectivity index (χ1) is 12.3. The standard InChI is InChI=1S/C20H26N2O3S/c1-5-22(6-2)26(24,25)19-14-18(13-12-15(19)3)20(23)21-16(4)17-10-8-7-9-11-17/h7-14,16H,5-6H2,1-4H3,(H,21,23)/t16-/m1/s1. The van der Waals surface area contributed by atoms with Gasteiger partial charge >= 0.3 is 0 Å². The summed E-state index contributed by atoms with van der Waals surface area (Å²) in [7, 11) is -3.62. The third-order valence-corrected chi connectivity index (χ3v) is 6.61. The smallest absolute Gasteiger partial charge is 0.251 e. The quantitative estimate of drug-likeness (QED) is 0.806. The van der Waals surface area contributed by atoms with Crippen molar-refractivity contribution in [2.45, 2.75) is 38.6 Å². The Morgan fingerprint density at radius 2 is 1.69 bits per heavy atom. The molecule has 0 aromatic heterocycles. The van der Waals surface area contributed by atoms with E-state index in [-0.39, 0.29) is 16.8 Å². The zero-order valence-corrected chi connectivity index (χ0v) is 16.5. The summed E-state index contributed by atoms with van der Waals surface area (Å²) in [5.74, 6) is -0.294. The molecule has 0 spiro atoms. The van der Waals surface area contributed by atoms with Crippen molar-refractivity contribution >= 4 is 15.9 Å². The highest BCUT2D eigenvalue weighted by Crippen LogP contribution is 2.22. The Hall–Kier alpha value is -2.18. The van der Waals surface area contributed by atoms with Gasteiger partial charge in [0.15, 0.2) is 0 Å². The van der Waals surface area contributed by atoms with Crippen molar-refractivity contribution in [2.24, 2.45) is 0 Å². The highest BCUT2D eigenvalue weighted by Gasteiger charge is 2.25. The van der Waals surface area contributed by atoms with Crippen LogP contribution < -0.4 is 5.32 Å². The van der Waals surface area contributed by atoms with Gasteiger partial charge in [-0.25, -0.2) is 8.42 Å². The predicted octanol–water partition coefficient (Wildman–Crippen LogP) is 3.52. The number of hydrogen-bond acceptors (Lipinski definition) is 3. The third kappa shape index (κ3) is 4.31. The predicted molar refractivity (Wildman–Crippen MR) is 104 cm³/mol. The molecule has 1 atom stereocenters. The summed E-state index contributed by atoms with van der Waals surface area (Å²) in [6.07, 6.45) is 0. The number of carbonyl (C=O) groups is 1. The van der Waals surface area contributed by atoms with Crippen molar-refractivity contribution in [1.82, 2.24) is 9.62 Å². The fourth-order valence-electron chi connectivity index (χ4n) is 2.83. The average molecular weight is 375 g/mol. The topological polar surface area (TPSA) is 66.5 Å². The number of rotatable bonds is 7. The van der Waals surface area contributed by atoms with Crippen LogP contribution in [0.15, 0.2) is 53.4 Å². The molecule has 1 N–H and O–H groups in total. The average Bonchev–Trinajstić information content (AvgIpc) is 2.63. The number of sulfonamides is 1. The van der Waals surface area contributed by atoms with Gasteiger partial charge in [-0.1, -0.05) is 50.2 Å². The van der Waals surface area contributed by atoms with Crippen molar-refractivity contribution in [3.63, 3.8) is 0 Å². The van der Waals surface area contributed by atoms with Crippen LogP contribution >= 0.6 is 0 Å². The second-order valence-electron chi connectivity index (χ2n) is 6.18. The van der Waals surface area contributed by atoms with Gasteiger partial charge in [0.1, 0.15) is 0 Å². The molecule has 0 radical (unpaired) electrons. The number of nitrogens with one attached hydrogen (secondary N) is 1. The lowest BCUT2D eigenvalue weighted by atomic mass is 10.1. The fourth-order valence-corrected chi connectivity index (χ4v) is 4.54. The van der Waals surface area contributed by atoms with Gasteiger partial charge in [-0.15, -0.1) is 0 Å². The van der Waals surface area contributed by atoms with Crippen LogP contribution in [0.3, 0.4) is 0 Å². The minimum atomic E-state index is -3.62. The van der Waals surface area contributed by atoms with E-state index in [0.29, 0.717) is 24.2 Å². The highest BCUT2D eigenvalue weighted by molar-refractivity contribution is 7.89. The zero-order chi connectivity index (χ0) is 19.3. The van der Waals surface area contributed by atoms with Crippen LogP contribution in [0, 0.1) is 6.92 Å². The monoisotopic (exact) mass is 374 g/mol. The molecule has 0 heterocycles. The summed E-state index contributed by atoms with van der Waals surface area (Å²) in [4.78, 5) is 12.8. The van der Waals surface area contributed by atoms with E-state index < -0.39 is 10.0 Å². The van der Waals surface area contributed by atoms with Crippen molar-refractivity contribution < 1.29 is 13.2 Å². The zero-order valence-electron chi connectivity index (χ0n) is 15.7. The normalized spacial score (nSPS) is 12.8. The molecule has 0 saturated heterocycles. The summed E-state index contributed by atoms with van der Waals surface area (Å²) < 4.78 is 27.0. The molecule has 0 saturated carbocycles. The van der Waals surface area contributed by atoms with Crippen molar-refractivity contribution in [3.8, 4) is 0 Å². The lowest BCUT2D eigenvalue weighted by molar-refractivity contribution is 0.0939. The molecule has 0 aliphatic carbocycles. The molecular weight excluding hydrogens is 348 g/mol. The van der Waals surface area contributed by atoms with Gasteiger partial charge in [0.2, 0.25) is 10.0 Å². The number of carbonyl (C=O) groups excluding carboxylic acids is 1. The Kier molecular flexibility index (Phi) is 6.56. The first-order valence-corrected chi connectivity index (χ1v) is 10.2. The van der Waals surface area contributed by atoms with E-state index in [1.807, 2.05) is 37.3 Å². The van der Waals surface area contributed by atoms with Crippen molar-refractivity contribution in [3.05, 3.63) is 65.2 Å². The molecule has 26 heavy (non-hydrogen) atoms. The Balaban J connectivity index is 2.30. The number of aryl methyl sites for hydroxylation is 1. The maximum absolute atomic E-state index is 12.8. The van der Waals surface area contributed by atoms with Crippen LogP contribution in [-0.4, -0.2) is 31.7 Å². The molecule has 0 aliphatic rings. The molecule has 1 amide bonds. The Labute approximate surface area is 156 Å². The summed E-state index contributed by atoms with van der Waals surface area (Å²) >= 11 is 0. The molecule has 6 heteroatoms. The lowest BCUT2D eigenvalue weighted by Crippen LogP contribution is -2.31. The summed E-state index contributed by atoms with van der Waals surface area (Å²) in [5, 5.41) is 2.92. The molecule has 0 fully saturated rings. The highest BCUT2D eigenvalue weighted by atomic mass is 32.2. The minimum Gasteiger partial charge on any atom is -0.346 e. The van der Waals surface area contributed by atoms with E-state index in [2.05, 4.69) is 5.32 Å². The molecule has 140 valence electrons. The van der Waals surface area contributed by atoms with Gasteiger partial charge in [-0.3, -0.25) is 4.79 Å². The van der Waals surface area contributed by atoms with Gasteiger partial charge in [0.05, 0.1) is 10.9 Å². The lowest BCUT2D eigenvalue weighted by Gasteiger charge is -2.20. The fraction of sp³-hybridized carbons (Fsp3) is 0.350. The van der Waals surface area contributed by atoms with Gasteiger partial charge < -0.3 is 5.32 Å². The van der Waals surface area contributed by atoms with Gasteiger partial charge in [-0.2, -0.15) is 4.31 Å². The van der Waals surface area contributed by atoms with E-state index in [0.717, 1.165) is 5.56 Å². The third-order valence-electron chi connectivity index (χ3n) is 4.42. The van der Waals surface area contributed by atoms with Crippen molar-refractivity contribution in [2.75, 3.05) is 13.1 Å². The molecule has 0 unspecified atom stereocenters.